The van der Waals surface area contributed by atoms with Gasteiger partial charge in [-0.15, -0.1) is 0 Å². The molecule has 0 radical (unpaired) electrons. The molecular weight excluding hydrogens is 214 g/mol. The number of hydrogen-bond acceptors (Lipinski definition) is 3. The number of phenolic OH excluding ortho intramolecular Hbond substituents is 1. The molecule has 0 fully saturated rings. The first-order chi connectivity index (χ1) is 8.00. The van der Waals surface area contributed by atoms with Crippen molar-refractivity contribution in [2.75, 3.05) is 6.61 Å². The van der Waals surface area contributed by atoms with Gasteiger partial charge in [-0.2, -0.15) is 0 Å². The standard InChI is InChI=1S/C14H23NO2/c1-4-7-14(3,10-16)15-9-12-8-11(2)5-6-13(12)17/h5-6,8,15-17H,4,7,9-10H2,1-3H3. The summed E-state index contributed by atoms with van der Waals surface area (Å²) in [5.41, 5.74) is 1.73. The molecule has 1 aromatic rings. The Morgan fingerprint density at radius 3 is 2.65 bits per heavy atom. The van der Waals surface area contributed by atoms with Gasteiger partial charge in [0.15, 0.2) is 0 Å². The monoisotopic (exact) mass is 237 g/mol. The maximum atomic E-state index is 9.73. The van der Waals surface area contributed by atoms with Crippen LogP contribution in [0, 0.1) is 6.92 Å². The molecule has 0 aliphatic heterocycles. The molecule has 96 valence electrons. The quantitative estimate of drug-likeness (QED) is 0.712. The smallest absolute Gasteiger partial charge is 0.120 e. The van der Waals surface area contributed by atoms with Crippen LogP contribution in [0.3, 0.4) is 0 Å². The van der Waals surface area contributed by atoms with E-state index in [9.17, 15) is 10.2 Å². The highest BCUT2D eigenvalue weighted by molar-refractivity contribution is 5.35. The second-order valence-corrected chi connectivity index (χ2v) is 4.95. The number of aliphatic hydroxyl groups is 1. The van der Waals surface area contributed by atoms with Crippen molar-refractivity contribution in [1.82, 2.24) is 5.32 Å². The summed E-state index contributed by atoms with van der Waals surface area (Å²) in [4.78, 5) is 0. The van der Waals surface area contributed by atoms with Crippen LogP contribution in [0.2, 0.25) is 0 Å². The average molecular weight is 237 g/mol. The van der Waals surface area contributed by atoms with E-state index in [4.69, 9.17) is 0 Å². The van der Waals surface area contributed by atoms with Crippen molar-refractivity contribution in [3.8, 4) is 5.75 Å². The Kier molecular flexibility index (Phi) is 4.97. The summed E-state index contributed by atoms with van der Waals surface area (Å²) in [5.74, 6) is 0.305. The molecule has 3 N–H and O–H groups in total. The van der Waals surface area contributed by atoms with Crippen LogP contribution < -0.4 is 5.32 Å². The molecule has 1 aromatic carbocycles. The summed E-state index contributed by atoms with van der Waals surface area (Å²) in [5, 5.41) is 22.4. The fourth-order valence-electron chi connectivity index (χ4n) is 1.94. The van der Waals surface area contributed by atoms with Crippen LogP contribution >= 0.6 is 0 Å². The molecule has 0 aliphatic carbocycles. The molecule has 0 bridgehead atoms. The van der Waals surface area contributed by atoms with Crippen LogP contribution in [0.4, 0.5) is 0 Å². The van der Waals surface area contributed by atoms with Gasteiger partial charge in [-0.25, -0.2) is 0 Å². The summed E-state index contributed by atoms with van der Waals surface area (Å²) in [6, 6.07) is 5.56. The van der Waals surface area contributed by atoms with Gasteiger partial charge in [0.05, 0.1) is 6.61 Å². The normalized spacial score (nSPS) is 14.6. The molecule has 1 rings (SSSR count). The Hall–Kier alpha value is -1.06. The molecule has 0 saturated heterocycles. The van der Waals surface area contributed by atoms with Crippen LogP contribution in [-0.2, 0) is 6.54 Å². The molecule has 17 heavy (non-hydrogen) atoms. The van der Waals surface area contributed by atoms with E-state index in [-0.39, 0.29) is 12.1 Å². The minimum absolute atomic E-state index is 0.105. The Morgan fingerprint density at radius 2 is 2.06 bits per heavy atom. The lowest BCUT2D eigenvalue weighted by molar-refractivity contribution is 0.163. The summed E-state index contributed by atoms with van der Waals surface area (Å²) < 4.78 is 0. The highest BCUT2D eigenvalue weighted by Gasteiger charge is 2.21. The van der Waals surface area contributed by atoms with Crippen molar-refractivity contribution in [3.63, 3.8) is 0 Å². The number of rotatable bonds is 6. The SMILES string of the molecule is CCCC(C)(CO)NCc1cc(C)ccc1O. The Labute approximate surface area is 103 Å². The van der Waals surface area contributed by atoms with E-state index >= 15 is 0 Å². The van der Waals surface area contributed by atoms with E-state index in [0.29, 0.717) is 12.3 Å². The second-order valence-electron chi connectivity index (χ2n) is 4.95. The Morgan fingerprint density at radius 1 is 1.35 bits per heavy atom. The molecule has 0 aromatic heterocycles. The lowest BCUT2D eigenvalue weighted by Crippen LogP contribution is -2.45. The Bertz CT molecular complexity index is 365. The molecule has 0 amide bonds. The van der Waals surface area contributed by atoms with Crippen molar-refractivity contribution >= 4 is 0 Å². The number of aliphatic hydroxyl groups excluding tert-OH is 1. The van der Waals surface area contributed by atoms with E-state index in [0.717, 1.165) is 24.0 Å². The van der Waals surface area contributed by atoms with Gasteiger partial charge in [-0.05, 0) is 26.3 Å². The van der Waals surface area contributed by atoms with Gasteiger partial charge in [-0.3, -0.25) is 0 Å². The van der Waals surface area contributed by atoms with Crippen LogP contribution in [0.5, 0.6) is 5.75 Å². The lowest BCUT2D eigenvalue weighted by atomic mass is 9.96. The van der Waals surface area contributed by atoms with Crippen LogP contribution in [0.25, 0.3) is 0 Å². The largest absolute Gasteiger partial charge is 0.508 e. The first-order valence-corrected chi connectivity index (χ1v) is 6.15. The number of aromatic hydroxyl groups is 1. The second kappa shape index (κ2) is 6.03. The molecule has 3 heteroatoms. The van der Waals surface area contributed by atoms with Gasteiger partial charge in [-0.1, -0.05) is 31.0 Å². The summed E-state index contributed by atoms with van der Waals surface area (Å²) in [6.45, 7) is 6.78. The van der Waals surface area contributed by atoms with E-state index < -0.39 is 0 Å². The van der Waals surface area contributed by atoms with Crippen LogP contribution in [0.1, 0.15) is 37.8 Å². The highest BCUT2D eigenvalue weighted by atomic mass is 16.3. The molecule has 0 heterocycles. The zero-order valence-electron chi connectivity index (χ0n) is 11.0. The summed E-state index contributed by atoms with van der Waals surface area (Å²) in [6.07, 6.45) is 1.93. The molecule has 0 saturated carbocycles. The molecule has 1 atom stereocenters. The van der Waals surface area contributed by atoms with E-state index in [2.05, 4.69) is 12.2 Å². The zero-order valence-corrected chi connectivity index (χ0v) is 11.0. The molecule has 1 unspecified atom stereocenters. The van der Waals surface area contributed by atoms with Crippen LogP contribution in [0.15, 0.2) is 18.2 Å². The van der Waals surface area contributed by atoms with Crippen molar-refractivity contribution in [2.24, 2.45) is 0 Å². The van der Waals surface area contributed by atoms with Crippen molar-refractivity contribution < 1.29 is 10.2 Å². The number of phenols is 1. The highest BCUT2D eigenvalue weighted by Crippen LogP contribution is 2.20. The topological polar surface area (TPSA) is 52.5 Å². The first kappa shape index (κ1) is 14.0. The summed E-state index contributed by atoms with van der Waals surface area (Å²) in [7, 11) is 0. The fourth-order valence-corrected chi connectivity index (χ4v) is 1.94. The average Bonchev–Trinajstić information content (AvgIpc) is 2.31. The van der Waals surface area contributed by atoms with E-state index in [1.54, 1.807) is 6.07 Å². The predicted octanol–water partition coefficient (Wildman–Crippen LogP) is 2.34. The number of hydrogen-bond donors (Lipinski definition) is 3. The molecule has 3 nitrogen and oxygen atoms in total. The third-order valence-electron chi connectivity index (χ3n) is 3.09. The van der Waals surface area contributed by atoms with E-state index in [1.165, 1.54) is 0 Å². The maximum absolute atomic E-state index is 9.73. The fraction of sp³-hybridized carbons (Fsp3) is 0.571. The molecular formula is C14H23NO2. The zero-order chi connectivity index (χ0) is 12.9. The van der Waals surface area contributed by atoms with Gasteiger partial charge in [0.1, 0.15) is 5.75 Å². The minimum atomic E-state index is -0.273. The minimum Gasteiger partial charge on any atom is -0.508 e. The predicted molar refractivity (Wildman–Crippen MR) is 70.1 cm³/mol. The number of aryl methyl sites for hydroxylation is 1. The van der Waals surface area contributed by atoms with Gasteiger partial charge >= 0.3 is 0 Å². The van der Waals surface area contributed by atoms with Gasteiger partial charge in [0.25, 0.3) is 0 Å². The third-order valence-corrected chi connectivity index (χ3v) is 3.09. The maximum Gasteiger partial charge on any atom is 0.120 e. The molecule has 0 spiro atoms. The summed E-state index contributed by atoms with van der Waals surface area (Å²) >= 11 is 0. The number of nitrogens with one attached hydrogen (secondary N) is 1. The van der Waals surface area contributed by atoms with Gasteiger partial charge in [0.2, 0.25) is 0 Å². The number of benzene rings is 1. The first-order valence-electron chi connectivity index (χ1n) is 6.15. The molecule has 0 aliphatic rings. The van der Waals surface area contributed by atoms with Crippen LogP contribution in [-0.4, -0.2) is 22.4 Å². The van der Waals surface area contributed by atoms with Crippen molar-refractivity contribution in [1.29, 1.82) is 0 Å². The van der Waals surface area contributed by atoms with Crippen molar-refractivity contribution in [3.05, 3.63) is 29.3 Å². The lowest BCUT2D eigenvalue weighted by Gasteiger charge is -2.28. The van der Waals surface area contributed by atoms with Crippen molar-refractivity contribution in [2.45, 2.75) is 45.7 Å². The van der Waals surface area contributed by atoms with E-state index in [1.807, 2.05) is 26.0 Å². The Balaban J connectivity index is 2.68. The van der Waals surface area contributed by atoms with Gasteiger partial charge < -0.3 is 15.5 Å². The third kappa shape index (κ3) is 4.02. The van der Waals surface area contributed by atoms with Gasteiger partial charge in [0, 0.05) is 17.6 Å².